The van der Waals surface area contributed by atoms with Crippen LogP contribution in [0.1, 0.15) is 16.1 Å². The van der Waals surface area contributed by atoms with Gasteiger partial charge in [-0.15, -0.1) is 0 Å². The minimum Gasteiger partial charge on any atom is -0.351 e. The van der Waals surface area contributed by atoms with Gasteiger partial charge >= 0.3 is 0 Å². The highest BCUT2D eigenvalue weighted by Gasteiger charge is 2.32. The summed E-state index contributed by atoms with van der Waals surface area (Å²) in [5, 5.41) is 8.61. The first kappa shape index (κ1) is 16.5. The van der Waals surface area contributed by atoms with Gasteiger partial charge in [-0.05, 0) is 6.08 Å². The summed E-state index contributed by atoms with van der Waals surface area (Å²) in [7, 11) is 3.51. The SMILES string of the molecule is C/N=C(\C=C/Cn1cc2c(n1)CN(c1cnn(C)c1)C2=O)N1CC(F)C1. The molecule has 2 aliphatic heterocycles. The number of nitrogens with zero attached hydrogens (tertiary/aromatic N) is 7. The zero-order chi connectivity index (χ0) is 18.3. The van der Waals surface area contributed by atoms with Crippen LogP contribution in [0.25, 0.3) is 0 Å². The third kappa shape index (κ3) is 2.89. The van der Waals surface area contributed by atoms with Crippen LogP contribution in [-0.4, -0.2) is 62.5 Å². The molecule has 1 saturated heterocycles. The van der Waals surface area contributed by atoms with Gasteiger partial charge in [-0.25, -0.2) is 4.39 Å². The van der Waals surface area contributed by atoms with E-state index in [1.807, 2.05) is 30.3 Å². The van der Waals surface area contributed by atoms with E-state index in [1.54, 1.807) is 33.7 Å². The fraction of sp³-hybridized carbons (Fsp3) is 0.412. The minimum atomic E-state index is -0.761. The Balaban J connectivity index is 1.40. The molecule has 0 bridgehead atoms. The summed E-state index contributed by atoms with van der Waals surface area (Å²) in [6.07, 6.45) is 8.26. The van der Waals surface area contributed by atoms with E-state index in [0.29, 0.717) is 31.7 Å². The molecule has 0 saturated carbocycles. The van der Waals surface area contributed by atoms with Gasteiger partial charge in [0.1, 0.15) is 12.0 Å². The number of amides is 1. The van der Waals surface area contributed by atoms with E-state index in [-0.39, 0.29) is 5.91 Å². The molecule has 2 aliphatic rings. The van der Waals surface area contributed by atoms with Gasteiger partial charge in [0.2, 0.25) is 0 Å². The molecule has 8 nitrogen and oxygen atoms in total. The van der Waals surface area contributed by atoms with Crippen molar-refractivity contribution in [3.8, 4) is 0 Å². The molecule has 0 N–H and O–H groups in total. The zero-order valence-electron chi connectivity index (χ0n) is 14.7. The number of rotatable bonds is 4. The minimum absolute atomic E-state index is 0.0615. The number of carbonyl (C=O) groups is 1. The van der Waals surface area contributed by atoms with Crippen LogP contribution in [0.4, 0.5) is 10.1 Å². The summed E-state index contributed by atoms with van der Waals surface area (Å²) in [6, 6.07) is 0. The molecule has 2 aromatic heterocycles. The van der Waals surface area contributed by atoms with Gasteiger partial charge in [-0.2, -0.15) is 10.2 Å². The zero-order valence-corrected chi connectivity index (χ0v) is 14.7. The van der Waals surface area contributed by atoms with E-state index in [9.17, 15) is 9.18 Å². The fourth-order valence-corrected chi connectivity index (χ4v) is 3.17. The molecule has 0 unspecified atom stereocenters. The molecule has 2 aromatic rings. The number of aromatic nitrogens is 4. The Bertz CT molecular complexity index is 891. The number of likely N-dealkylation sites (tertiary alicyclic amines) is 1. The summed E-state index contributed by atoms with van der Waals surface area (Å²) in [5.41, 5.74) is 2.15. The van der Waals surface area contributed by atoms with Crippen LogP contribution in [0.3, 0.4) is 0 Å². The molecule has 9 heteroatoms. The van der Waals surface area contributed by atoms with Gasteiger partial charge in [-0.3, -0.25) is 24.1 Å². The predicted molar refractivity (Wildman–Crippen MR) is 94.9 cm³/mol. The van der Waals surface area contributed by atoms with E-state index in [4.69, 9.17) is 0 Å². The number of hydrogen-bond donors (Lipinski definition) is 0. The summed E-state index contributed by atoms with van der Waals surface area (Å²) < 4.78 is 16.4. The lowest BCUT2D eigenvalue weighted by Crippen LogP contribution is -2.50. The molecule has 0 spiro atoms. The van der Waals surface area contributed by atoms with Crippen LogP contribution in [0.15, 0.2) is 35.7 Å². The molecule has 1 fully saturated rings. The van der Waals surface area contributed by atoms with E-state index in [1.165, 1.54) is 0 Å². The first-order valence-electron chi connectivity index (χ1n) is 8.44. The van der Waals surface area contributed by atoms with E-state index >= 15 is 0 Å². The number of hydrogen-bond acceptors (Lipinski definition) is 4. The molecule has 4 heterocycles. The van der Waals surface area contributed by atoms with Crippen LogP contribution in [0.2, 0.25) is 0 Å². The molecular weight excluding hydrogens is 337 g/mol. The highest BCUT2D eigenvalue weighted by molar-refractivity contribution is 6.09. The van der Waals surface area contributed by atoms with Crippen molar-refractivity contribution in [3.05, 3.63) is 42.0 Å². The van der Waals surface area contributed by atoms with Crippen molar-refractivity contribution in [2.45, 2.75) is 19.3 Å². The number of amidine groups is 1. The number of anilines is 1. The molecule has 0 aliphatic carbocycles. The summed E-state index contributed by atoms with van der Waals surface area (Å²) in [4.78, 5) is 20.3. The fourth-order valence-electron chi connectivity index (χ4n) is 3.17. The van der Waals surface area contributed by atoms with E-state index in [0.717, 1.165) is 17.2 Å². The summed E-state index contributed by atoms with van der Waals surface area (Å²) in [6.45, 7) is 1.76. The van der Waals surface area contributed by atoms with Crippen molar-refractivity contribution in [1.29, 1.82) is 0 Å². The third-order valence-electron chi connectivity index (χ3n) is 4.57. The first-order chi connectivity index (χ1) is 12.5. The lowest BCUT2D eigenvalue weighted by molar-refractivity contribution is 0.0996. The van der Waals surface area contributed by atoms with Crippen LogP contribution >= 0.6 is 0 Å². The predicted octanol–water partition coefficient (Wildman–Crippen LogP) is 1.02. The van der Waals surface area contributed by atoms with Crippen molar-refractivity contribution >= 4 is 17.4 Å². The Morgan fingerprint density at radius 2 is 2.23 bits per heavy atom. The Morgan fingerprint density at radius 3 is 2.85 bits per heavy atom. The molecular formula is C17H20FN7O. The third-order valence-corrected chi connectivity index (χ3v) is 4.57. The first-order valence-corrected chi connectivity index (χ1v) is 8.44. The summed E-state index contributed by atoms with van der Waals surface area (Å²) in [5.74, 6) is 0.700. The number of aliphatic imine (C=N–C) groups is 1. The largest absolute Gasteiger partial charge is 0.351 e. The maximum atomic E-state index is 13.0. The molecule has 0 aromatic carbocycles. The Labute approximate surface area is 150 Å². The van der Waals surface area contributed by atoms with Crippen LogP contribution in [0.5, 0.6) is 0 Å². The quantitative estimate of drug-likeness (QED) is 0.605. The van der Waals surface area contributed by atoms with Crippen molar-refractivity contribution in [2.24, 2.45) is 12.0 Å². The average molecular weight is 357 g/mol. The Hall–Kier alpha value is -2.97. The van der Waals surface area contributed by atoms with Gasteiger partial charge in [-0.1, -0.05) is 6.08 Å². The molecule has 0 atom stereocenters. The van der Waals surface area contributed by atoms with Gasteiger partial charge in [0.25, 0.3) is 5.91 Å². The van der Waals surface area contributed by atoms with E-state index in [2.05, 4.69) is 15.2 Å². The van der Waals surface area contributed by atoms with Gasteiger partial charge < -0.3 is 4.90 Å². The number of allylic oxidation sites excluding steroid dienone is 1. The molecule has 26 heavy (non-hydrogen) atoms. The molecule has 1 amide bonds. The van der Waals surface area contributed by atoms with Gasteiger partial charge in [0, 0.05) is 26.5 Å². The van der Waals surface area contributed by atoms with Crippen LogP contribution < -0.4 is 4.90 Å². The second kappa shape index (κ2) is 6.40. The van der Waals surface area contributed by atoms with Crippen molar-refractivity contribution in [3.63, 3.8) is 0 Å². The van der Waals surface area contributed by atoms with Gasteiger partial charge in [0.05, 0.1) is 49.3 Å². The lowest BCUT2D eigenvalue weighted by atomic mass is 10.2. The van der Waals surface area contributed by atoms with Crippen molar-refractivity contribution in [1.82, 2.24) is 24.5 Å². The molecule has 136 valence electrons. The number of fused-ring (bicyclic) bond motifs is 1. The highest BCUT2D eigenvalue weighted by Crippen LogP contribution is 2.26. The molecule has 0 radical (unpaired) electrons. The smallest absolute Gasteiger partial charge is 0.262 e. The van der Waals surface area contributed by atoms with Crippen LogP contribution in [-0.2, 0) is 20.1 Å². The second-order valence-electron chi connectivity index (χ2n) is 6.46. The van der Waals surface area contributed by atoms with Crippen molar-refractivity contribution < 1.29 is 9.18 Å². The standard InChI is InChI=1S/C17H20FN7O/c1-19-16(23-7-12(18)8-23)4-3-5-24-10-14-15(21-24)11-25(17(14)26)13-6-20-22(2)9-13/h3-4,6,9-10,12H,5,7-8,11H2,1-2H3/b4-3-,19-16+. The van der Waals surface area contributed by atoms with E-state index < -0.39 is 6.17 Å². The average Bonchev–Trinajstić information content (AvgIpc) is 3.26. The number of aryl methyl sites for hydroxylation is 1. The second-order valence-corrected chi connectivity index (χ2v) is 6.46. The topological polar surface area (TPSA) is 71.5 Å². The Kier molecular flexibility index (Phi) is 4.06. The number of alkyl halides is 1. The highest BCUT2D eigenvalue weighted by atomic mass is 19.1. The van der Waals surface area contributed by atoms with Gasteiger partial charge in [0.15, 0.2) is 0 Å². The van der Waals surface area contributed by atoms with Crippen LogP contribution in [0, 0.1) is 0 Å². The number of carbonyl (C=O) groups excluding carboxylic acids is 1. The summed E-state index contributed by atoms with van der Waals surface area (Å²) >= 11 is 0. The Morgan fingerprint density at radius 1 is 1.42 bits per heavy atom. The van der Waals surface area contributed by atoms with Crippen molar-refractivity contribution in [2.75, 3.05) is 25.0 Å². The maximum Gasteiger partial charge on any atom is 0.262 e. The normalized spacial score (nSPS) is 18.1. The lowest BCUT2D eigenvalue weighted by Gasteiger charge is -2.35. The monoisotopic (exact) mass is 357 g/mol. The maximum absolute atomic E-state index is 13.0. The molecule has 4 rings (SSSR count). The number of halogens is 1.